The fourth-order valence-corrected chi connectivity index (χ4v) is 3.63. The number of nitrogens with zero attached hydrogens (tertiary/aromatic N) is 3. The number of aromatic nitrogens is 2. The van der Waals surface area contributed by atoms with Gasteiger partial charge in [-0.1, -0.05) is 30.3 Å². The normalized spacial score (nSPS) is 13.1. The molecule has 1 aliphatic heterocycles. The van der Waals surface area contributed by atoms with E-state index in [1.54, 1.807) is 41.0 Å². The molecule has 3 amide bonds. The Hall–Kier alpha value is -4.14. The summed E-state index contributed by atoms with van der Waals surface area (Å²) in [5, 5.41) is 9.55. The van der Waals surface area contributed by atoms with Gasteiger partial charge in [-0.3, -0.25) is 19.1 Å². The molecule has 0 radical (unpaired) electrons. The third kappa shape index (κ3) is 5.38. The zero-order chi connectivity index (χ0) is 23.2. The SMILES string of the molecule is COc1ccc(NC(=O)CNC(=O)c2cc3n(n2)CCCN(Cc2ccccc2)C3=O)cc1. The van der Waals surface area contributed by atoms with Crippen LogP contribution in [0.15, 0.2) is 60.7 Å². The number of ether oxygens (including phenoxy) is 1. The van der Waals surface area contributed by atoms with E-state index in [4.69, 9.17) is 4.74 Å². The molecule has 2 aromatic carbocycles. The first-order valence-electron chi connectivity index (χ1n) is 10.7. The summed E-state index contributed by atoms with van der Waals surface area (Å²) in [4.78, 5) is 39.5. The molecule has 0 saturated heterocycles. The van der Waals surface area contributed by atoms with Gasteiger partial charge in [0.05, 0.1) is 13.7 Å². The first-order valence-corrected chi connectivity index (χ1v) is 10.7. The lowest BCUT2D eigenvalue weighted by atomic mass is 10.2. The van der Waals surface area contributed by atoms with Crippen LogP contribution in [0, 0.1) is 0 Å². The fourth-order valence-electron chi connectivity index (χ4n) is 3.63. The monoisotopic (exact) mass is 447 g/mol. The number of fused-ring (bicyclic) bond motifs is 1. The number of amides is 3. The molecule has 0 atom stereocenters. The number of anilines is 1. The molecule has 33 heavy (non-hydrogen) atoms. The second-order valence-electron chi connectivity index (χ2n) is 7.66. The molecule has 0 fully saturated rings. The van der Waals surface area contributed by atoms with Crippen LogP contribution in [-0.4, -0.2) is 52.6 Å². The molecule has 3 aromatic rings. The van der Waals surface area contributed by atoms with Gasteiger partial charge < -0.3 is 20.3 Å². The van der Waals surface area contributed by atoms with Gasteiger partial charge in [0, 0.05) is 31.4 Å². The van der Waals surface area contributed by atoms with E-state index in [1.807, 2.05) is 30.3 Å². The van der Waals surface area contributed by atoms with Crippen LogP contribution in [-0.2, 0) is 17.9 Å². The molecule has 1 aromatic heterocycles. The van der Waals surface area contributed by atoms with Crippen molar-refractivity contribution in [2.24, 2.45) is 0 Å². The van der Waals surface area contributed by atoms with Crippen molar-refractivity contribution in [2.45, 2.75) is 19.5 Å². The topological polar surface area (TPSA) is 106 Å². The summed E-state index contributed by atoms with van der Waals surface area (Å²) in [6.45, 7) is 1.43. The lowest BCUT2D eigenvalue weighted by Gasteiger charge is -2.20. The molecule has 0 saturated carbocycles. The third-order valence-electron chi connectivity index (χ3n) is 5.32. The first kappa shape index (κ1) is 22.1. The third-order valence-corrected chi connectivity index (χ3v) is 5.32. The number of hydrogen-bond donors (Lipinski definition) is 2. The minimum absolute atomic E-state index is 0.108. The van der Waals surface area contributed by atoms with E-state index in [9.17, 15) is 14.4 Å². The first-order chi connectivity index (χ1) is 16.0. The Morgan fingerprint density at radius 3 is 2.55 bits per heavy atom. The quantitative estimate of drug-likeness (QED) is 0.578. The molecule has 0 unspecified atom stereocenters. The van der Waals surface area contributed by atoms with E-state index in [0.29, 0.717) is 36.8 Å². The van der Waals surface area contributed by atoms with Crippen molar-refractivity contribution in [3.8, 4) is 5.75 Å². The molecular formula is C24H25N5O4. The molecule has 0 bridgehead atoms. The number of carbonyl (C=O) groups excluding carboxylic acids is 3. The van der Waals surface area contributed by atoms with Crippen molar-refractivity contribution < 1.29 is 19.1 Å². The van der Waals surface area contributed by atoms with Gasteiger partial charge in [0.25, 0.3) is 11.8 Å². The Balaban J connectivity index is 1.36. The molecular weight excluding hydrogens is 422 g/mol. The highest BCUT2D eigenvalue weighted by Gasteiger charge is 2.26. The van der Waals surface area contributed by atoms with Crippen molar-refractivity contribution >= 4 is 23.4 Å². The van der Waals surface area contributed by atoms with Crippen LogP contribution in [0.3, 0.4) is 0 Å². The number of aryl methyl sites for hydroxylation is 1. The van der Waals surface area contributed by atoms with E-state index in [2.05, 4.69) is 15.7 Å². The average Bonchev–Trinajstić information content (AvgIpc) is 3.21. The number of hydrogen-bond acceptors (Lipinski definition) is 5. The molecule has 9 nitrogen and oxygen atoms in total. The Bertz CT molecular complexity index is 1140. The minimum atomic E-state index is -0.511. The fraction of sp³-hybridized carbons (Fsp3) is 0.250. The van der Waals surface area contributed by atoms with Crippen molar-refractivity contribution in [3.05, 3.63) is 77.6 Å². The zero-order valence-electron chi connectivity index (χ0n) is 18.3. The number of methoxy groups -OCH3 is 1. The summed E-state index contributed by atoms with van der Waals surface area (Å²) in [6, 6.07) is 18.1. The van der Waals surface area contributed by atoms with Gasteiger partial charge >= 0.3 is 0 Å². The predicted octanol–water partition coefficient (Wildman–Crippen LogP) is 2.31. The molecule has 9 heteroatoms. The maximum absolute atomic E-state index is 13.1. The summed E-state index contributed by atoms with van der Waals surface area (Å²) in [5.74, 6) is -0.375. The van der Waals surface area contributed by atoms with Crippen LogP contribution in [0.25, 0.3) is 0 Å². The van der Waals surface area contributed by atoms with E-state index in [0.717, 1.165) is 12.0 Å². The van der Waals surface area contributed by atoms with Gasteiger partial charge in [-0.25, -0.2) is 0 Å². The molecule has 1 aliphatic rings. The molecule has 0 aliphatic carbocycles. The largest absolute Gasteiger partial charge is 0.497 e. The highest BCUT2D eigenvalue weighted by Crippen LogP contribution is 2.17. The van der Waals surface area contributed by atoms with Gasteiger partial charge in [0.1, 0.15) is 11.4 Å². The number of benzene rings is 2. The van der Waals surface area contributed by atoms with E-state index in [-0.39, 0.29) is 24.1 Å². The van der Waals surface area contributed by atoms with Gasteiger partial charge in [-0.2, -0.15) is 5.10 Å². The Kier molecular flexibility index (Phi) is 6.68. The maximum Gasteiger partial charge on any atom is 0.272 e. The lowest BCUT2D eigenvalue weighted by molar-refractivity contribution is -0.115. The van der Waals surface area contributed by atoms with Gasteiger partial charge in [0.15, 0.2) is 5.69 Å². The standard InChI is InChI=1S/C24H25N5O4/c1-33-19-10-8-18(9-11-19)26-22(30)15-25-23(31)20-14-21-24(32)28(12-5-13-29(21)27-20)16-17-6-3-2-4-7-17/h2-4,6-11,14H,5,12-13,15-16H2,1H3,(H,25,31)(H,26,30). The maximum atomic E-state index is 13.1. The summed E-state index contributed by atoms with van der Waals surface area (Å²) in [7, 11) is 1.56. The number of carbonyl (C=O) groups is 3. The number of nitrogens with one attached hydrogen (secondary N) is 2. The molecule has 4 rings (SSSR count). The molecule has 170 valence electrons. The van der Waals surface area contributed by atoms with Crippen LogP contribution in [0.2, 0.25) is 0 Å². The van der Waals surface area contributed by atoms with Crippen molar-refractivity contribution in [1.82, 2.24) is 20.0 Å². The Morgan fingerprint density at radius 1 is 1.06 bits per heavy atom. The van der Waals surface area contributed by atoms with Crippen LogP contribution in [0.4, 0.5) is 5.69 Å². The summed E-state index contributed by atoms with van der Waals surface area (Å²) < 4.78 is 6.65. The van der Waals surface area contributed by atoms with Crippen molar-refractivity contribution in [3.63, 3.8) is 0 Å². The minimum Gasteiger partial charge on any atom is -0.497 e. The van der Waals surface area contributed by atoms with Crippen LogP contribution in [0.1, 0.15) is 33.0 Å². The van der Waals surface area contributed by atoms with E-state index >= 15 is 0 Å². The molecule has 2 N–H and O–H groups in total. The van der Waals surface area contributed by atoms with Crippen LogP contribution < -0.4 is 15.4 Å². The molecule has 0 spiro atoms. The van der Waals surface area contributed by atoms with Crippen LogP contribution >= 0.6 is 0 Å². The Morgan fingerprint density at radius 2 is 1.82 bits per heavy atom. The summed E-state index contributed by atoms with van der Waals surface area (Å²) in [5.41, 5.74) is 2.11. The van der Waals surface area contributed by atoms with Gasteiger partial charge in [-0.05, 0) is 36.2 Å². The van der Waals surface area contributed by atoms with E-state index < -0.39 is 5.91 Å². The molecule has 2 heterocycles. The highest BCUT2D eigenvalue weighted by molar-refractivity contribution is 6.00. The average molecular weight is 447 g/mol. The number of rotatable bonds is 7. The van der Waals surface area contributed by atoms with Gasteiger partial charge in [0.2, 0.25) is 5.91 Å². The Labute approximate surface area is 191 Å². The second-order valence-corrected chi connectivity index (χ2v) is 7.66. The highest BCUT2D eigenvalue weighted by atomic mass is 16.5. The summed E-state index contributed by atoms with van der Waals surface area (Å²) >= 11 is 0. The second kappa shape index (κ2) is 9.99. The predicted molar refractivity (Wildman–Crippen MR) is 122 cm³/mol. The smallest absolute Gasteiger partial charge is 0.272 e. The summed E-state index contributed by atoms with van der Waals surface area (Å²) in [6.07, 6.45) is 0.735. The zero-order valence-corrected chi connectivity index (χ0v) is 18.3. The van der Waals surface area contributed by atoms with Crippen LogP contribution in [0.5, 0.6) is 5.75 Å². The van der Waals surface area contributed by atoms with Gasteiger partial charge in [-0.15, -0.1) is 0 Å². The van der Waals surface area contributed by atoms with Crippen molar-refractivity contribution in [1.29, 1.82) is 0 Å². The lowest BCUT2D eigenvalue weighted by Crippen LogP contribution is -2.33. The van der Waals surface area contributed by atoms with E-state index in [1.165, 1.54) is 6.07 Å². The van der Waals surface area contributed by atoms with Crippen molar-refractivity contribution in [2.75, 3.05) is 25.5 Å².